The van der Waals surface area contributed by atoms with E-state index in [2.05, 4.69) is 9.72 Å². The van der Waals surface area contributed by atoms with Crippen LogP contribution in [0, 0.1) is 0 Å². The van der Waals surface area contributed by atoms with Crippen molar-refractivity contribution in [3.8, 4) is 0 Å². The van der Waals surface area contributed by atoms with Gasteiger partial charge in [-0.25, -0.2) is 0 Å². The topological polar surface area (TPSA) is 39.2 Å². The highest BCUT2D eigenvalue weighted by atomic mass is 35.5. The highest BCUT2D eigenvalue weighted by Gasteiger charge is 2.08. The average molecular weight is 236 g/mol. The van der Waals surface area contributed by atoms with E-state index in [1.165, 1.54) is 7.11 Å². The SMILES string of the molecule is COC(=O)Cc1cc(Cl)cc2cnccc12. The first-order valence-corrected chi connectivity index (χ1v) is 5.17. The van der Waals surface area contributed by atoms with Gasteiger partial charge in [-0.3, -0.25) is 9.78 Å². The summed E-state index contributed by atoms with van der Waals surface area (Å²) in [5.41, 5.74) is 0.858. The fourth-order valence-electron chi connectivity index (χ4n) is 1.62. The summed E-state index contributed by atoms with van der Waals surface area (Å²) in [5, 5.41) is 2.50. The van der Waals surface area contributed by atoms with Crippen molar-refractivity contribution in [2.24, 2.45) is 0 Å². The summed E-state index contributed by atoms with van der Waals surface area (Å²) >= 11 is 5.97. The van der Waals surface area contributed by atoms with Crippen LogP contribution in [0.3, 0.4) is 0 Å². The molecule has 0 saturated carbocycles. The van der Waals surface area contributed by atoms with E-state index in [4.69, 9.17) is 11.6 Å². The van der Waals surface area contributed by atoms with Crippen molar-refractivity contribution >= 4 is 28.3 Å². The first-order valence-electron chi connectivity index (χ1n) is 4.79. The number of hydrogen-bond acceptors (Lipinski definition) is 3. The molecule has 2 aromatic rings. The van der Waals surface area contributed by atoms with Gasteiger partial charge in [-0.05, 0) is 29.1 Å². The van der Waals surface area contributed by atoms with Crippen molar-refractivity contribution in [2.45, 2.75) is 6.42 Å². The number of hydrogen-bond donors (Lipinski definition) is 0. The molecule has 0 fully saturated rings. The molecule has 0 unspecified atom stereocenters. The number of ether oxygens (including phenoxy) is 1. The molecule has 1 aromatic carbocycles. The molecule has 2 rings (SSSR count). The third-order valence-electron chi connectivity index (χ3n) is 2.37. The first kappa shape index (κ1) is 10.9. The molecular formula is C12H10ClNO2. The van der Waals surface area contributed by atoms with Gasteiger partial charge in [-0.1, -0.05) is 11.6 Å². The van der Waals surface area contributed by atoms with Crippen LogP contribution in [-0.2, 0) is 16.0 Å². The zero-order chi connectivity index (χ0) is 11.5. The summed E-state index contributed by atoms with van der Waals surface area (Å²) in [6.07, 6.45) is 3.64. The van der Waals surface area contributed by atoms with Crippen LogP contribution in [0.4, 0.5) is 0 Å². The van der Waals surface area contributed by atoms with Gasteiger partial charge in [0.05, 0.1) is 13.5 Å². The van der Waals surface area contributed by atoms with E-state index in [9.17, 15) is 4.79 Å². The number of esters is 1. The van der Waals surface area contributed by atoms with Gasteiger partial charge in [0.15, 0.2) is 0 Å². The Labute approximate surface area is 98.0 Å². The van der Waals surface area contributed by atoms with Gasteiger partial charge in [0.2, 0.25) is 0 Å². The molecule has 0 N–H and O–H groups in total. The van der Waals surface area contributed by atoms with Gasteiger partial charge < -0.3 is 4.74 Å². The molecule has 0 spiro atoms. The Morgan fingerprint density at radius 3 is 3.06 bits per heavy atom. The Morgan fingerprint density at radius 1 is 1.50 bits per heavy atom. The smallest absolute Gasteiger partial charge is 0.310 e. The molecule has 0 aliphatic rings. The van der Waals surface area contributed by atoms with Crippen LogP contribution in [0.25, 0.3) is 10.8 Å². The van der Waals surface area contributed by atoms with Gasteiger partial charge >= 0.3 is 5.97 Å². The molecule has 0 saturated heterocycles. The van der Waals surface area contributed by atoms with E-state index in [1.54, 1.807) is 18.5 Å². The van der Waals surface area contributed by atoms with E-state index in [1.807, 2.05) is 12.1 Å². The largest absolute Gasteiger partial charge is 0.469 e. The third-order valence-corrected chi connectivity index (χ3v) is 2.58. The normalized spacial score (nSPS) is 10.4. The highest BCUT2D eigenvalue weighted by Crippen LogP contribution is 2.23. The van der Waals surface area contributed by atoms with Crippen LogP contribution in [0.15, 0.2) is 30.6 Å². The molecule has 4 heteroatoms. The molecule has 0 radical (unpaired) electrons. The standard InChI is InChI=1S/C12H10ClNO2/c1-16-12(15)6-8-4-10(13)5-9-7-14-3-2-11(8)9/h2-5,7H,6H2,1H3. The molecule has 0 bridgehead atoms. The minimum absolute atomic E-state index is 0.220. The van der Waals surface area contributed by atoms with Crippen molar-refractivity contribution in [3.63, 3.8) is 0 Å². The van der Waals surface area contributed by atoms with E-state index in [0.29, 0.717) is 5.02 Å². The maximum atomic E-state index is 11.3. The Bertz CT molecular complexity index is 540. The quantitative estimate of drug-likeness (QED) is 0.751. The summed E-state index contributed by atoms with van der Waals surface area (Å²) in [4.78, 5) is 15.3. The first-order chi connectivity index (χ1) is 7.70. The fourth-order valence-corrected chi connectivity index (χ4v) is 1.87. The second-order valence-electron chi connectivity index (χ2n) is 3.41. The molecule has 82 valence electrons. The molecule has 1 aromatic heterocycles. The molecule has 0 aliphatic carbocycles. The van der Waals surface area contributed by atoms with E-state index in [-0.39, 0.29) is 12.4 Å². The average Bonchev–Trinajstić information content (AvgIpc) is 2.28. The Kier molecular flexibility index (Phi) is 3.06. The number of fused-ring (bicyclic) bond motifs is 1. The maximum absolute atomic E-state index is 11.3. The minimum atomic E-state index is -0.277. The lowest BCUT2D eigenvalue weighted by Gasteiger charge is -2.06. The fraction of sp³-hybridized carbons (Fsp3) is 0.167. The molecule has 16 heavy (non-hydrogen) atoms. The minimum Gasteiger partial charge on any atom is -0.469 e. The Balaban J connectivity index is 2.54. The Hall–Kier alpha value is -1.61. The highest BCUT2D eigenvalue weighted by molar-refractivity contribution is 6.31. The number of pyridine rings is 1. The number of carbonyl (C=O) groups is 1. The second kappa shape index (κ2) is 4.49. The van der Waals surface area contributed by atoms with Crippen LogP contribution < -0.4 is 0 Å². The summed E-state index contributed by atoms with van der Waals surface area (Å²) in [6.45, 7) is 0. The molecule has 0 atom stereocenters. The molecular weight excluding hydrogens is 226 g/mol. The Morgan fingerprint density at radius 2 is 2.31 bits per heavy atom. The number of rotatable bonds is 2. The summed E-state index contributed by atoms with van der Waals surface area (Å²) in [5.74, 6) is -0.277. The van der Waals surface area contributed by atoms with Gasteiger partial charge in [-0.15, -0.1) is 0 Å². The number of aromatic nitrogens is 1. The zero-order valence-corrected chi connectivity index (χ0v) is 9.49. The van der Waals surface area contributed by atoms with Gasteiger partial charge in [0, 0.05) is 22.8 Å². The van der Waals surface area contributed by atoms with Crippen molar-refractivity contribution in [2.75, 3.05) is 7.11 Å². The monoisotopic (exact) mass is 235 g/mol. The molecule has 1 heterocycles. The van der Waals surface area contributed by atoms with Crippen LogP contribution in [-0.4, -0.2) is 18.1 Å². The van der Waals surface area contributed by atoms with Crippen molar-refractivity contribution < 1.29 is 9.53 Å². The van der Waals surface area contributed by atoms with Gasteiger partial charge in [0.25, 0.3) is 0 Å². The van der Waals surface area contributed by atoms with Gasteiger partial charge in [0.1, 0.15) is 0 Å². The zero-order valence-electron chi connectivity index (χ0n) is 8.74. The van der Waals surface area contributed by atoms with Gasteiger partial charge in [-0.2, -0.15) is 0 Å². The lowest BCUT2D eigenvalue weighted by molar-refractivity contribution is -0.139. The van der Waals surface area contributed by atoms with E-state index in [0.717, 1.165) is 16.3 Å². The van der Waals surface area contributed by atoms with Crippen LogP contribution in [0.1, 0.15) is 5.56 Å². The lowest BCUT2D eigenvalue weighted by atomic mass is 10.0. The summed E-state index contributed by atoms with van der Waals surface area (Å²) in [6, 6.07) is 5.47. The molecule has 0 amide bonds. The van der Waals surface area contributed by atoms with Crippen molar-refractivity contribution in [3.05, 3.63) is 41.2 Å². The number of methoxy groups -OCH3 is 1. The number of benzene rings is 1. The molecule has 0 aliphatic heterocycles. The number of carbonyl (C=O) groups excluding carboxylic acids is 1. The maximum Gasteiger partial charge on any atom is 0.310 e. The van der Waals surface area contributed by atoms with E-state index >= 15 is 0 Å². The summed E-state index contributed by atoms with van der Waals surface area (Å²) in [7, 11) is 1.37. The van der Waals surface area contributed by atoms with Crippen molar-refractivity contribution in [1.82, 2.24) is 4.98 Å². The van der Waals surface area contributed by atoms with Crippen LogP contribution >= 0.6 is 11.6 Å². The van der Waals surface area contributed by atoms with E-state index < -0.39 is 0 Å². The van der Waals surface area contributed by atoms with Crippen LogP contribution in [0.2, 0.25) is 5.02 Å². The van der Waals surface area contributed by atoms with Crippen molar-refractivity contribution in [1.29, 1.82) is 0 Å². The lowest BCUT2D eigenvalue weighted by Crippen LogP contribution is -2.04. The predicted octanol–water partition coefficient (Wildman–Crippen LogP) is 2.60. The number of halogens is 1. The summed E-state index contributed by atoms with van der Waals surface area (Å²) < 4.78 is 4.65. The molecule has 3 nitrogen and oxygen atoms in total. The number of nitrogens with zero attached hydrogens (tertiary/aromatic N) is 1. The van der Waals surface area contributed by atoms with Crippen LogP contribution in [0.5, 0.6) is 0 Å². The third kappa shape index (κ3) is 2.14. The second-order valence-corrected chi connectivity index (χ2v) is 3.85. The predicted molar refractivity (Wildman–Crippen MR) is 62.5 cm³/mol.